The molecule has 0 aromatic heterocycles. The van der Waals surface area contributed by atoms with E-state index in [0.717, 1.165) is 12.1 Å². The summed E-state index contributed by atoms with van der Waals surface area (Å²) in [6.45, 7) is 6.95. The van der Waals surface area contributed by atoms with Gasteiger partial charge in [0.15, 0.2) is 11.6 Å². The Balaban J connectivity index is 2.96. The molecule has 0 heterocycles. The van der Waals surface area contributed by atoms with Crippen molar-refractivity contribution >= 4 is 13.7 Å². The molecule has 0 aliphatic rings. The highest BCUT2D eigenvalue weighted by Gasteiger charge is 2.24. The quantitative estimate of drug-likeness (QED) is 0.695. The maximum Gasteiger partial charge on any atom is 0.354 e. The van der Waals surface area contributed by atoms with Gasteiger partial charge in [0.1, 0.15) is 0 Å². The summed E-state index contributed by atoms with van der Waals surface area (Å²) in [4.78, 5) is 0. The lowest BCUT2D eigenvalue weighted by Gasteiger charge is -2.19. The SMILES string of the molecule is CC(C)OP(=O)(/C=C/c1ccc(F)c(F)c1)OC(C)C. The van der Waals surface area contributed by atoms with E-state index in [2.05, 4.69) is 0 Å². The van der Waals surface area contributed by atoms with Crippen LogP contribution in [0.4, 0.5) is 8.78 Å². The van der Waals surface area contributed by atoms with Gasteiger partial charge in [-0.05, 0) is 51.5 Å². The van der Waals surface area contributed by atoms with Crippen molar-refractivity contribution in [2.45, 2.75) is 39.9 Å². The van der Waals surface area contributed by atoms with Crippen molar-refractivity contribution < 1.29 is 22.4 Å². The maximum atomic E-state index is 13.1. The Hall–Kier alpha value is -1.03. The summed E-state index contributed by atoms with van der Waals surface area (Å²) in [7, 11) is -3.42. The molecule has 0 spiro atoms. The largest absolute Gasteiger partial charge is 0.354 e. The third kappa shape index (κ3) is 5.53. The van der Waals surface area contributed by atoms with Crippen LogP contribution in [0.15, 0.2) is 24.0 Å². The van der Waals surface area contributed by atoms with E-state index in [4.69, 9.17) is 9.05 Å². The zero-order chi connectivity index (χ0) is 15.3. The van der Waals surface area contributed by atoms with Gasteiger partial charge in [-0.1, -0.05) is 6.07 Å². The molecule has 0 fully saturated rings. The summed E-state index contributed by atoms with van der Waals surface area (Å²) in [6.07, 6.45) is 0.831. The first kappa shape index (κ1) is 17.0. The van der Waals surface area contributed by atoms with Crippen molar-refractivity contribution in [2.75, 3.05) is 0 Å². The minimum atomic E-state index is -3.42. The lowest BCUT2D eigenvalue weighted by Crippen LogP contribution is -2.06. The molecule has 1 aromatic rings. The molecule has 0 N–H and O–H groups in total. The van der Waals surface area contributed by atoms with Crippen LogP contribution in [0.2, 0.25) is 0 Å². The Labute approximate surface area is 118 Å². The second-order valence-corrected chi connectivity index (χ2v) is 6.64. The Kier molecular flexibility index (Phi) is 6.06. The molecule has 1 rings (SSSR count). The van der Waals surface area contributed by atoms with Crippen molar-refractivity contribution in [3.8, 4) is 0 Å². The van der Waals surface area contributed by atoms with E-state index >= 15 is 0 Å². The average molecular weight is 304 g/mol. The zero-order valence-corrected chi connectivity index (χ0v) is 12.9. The highest BCUT2D eigenvalue weighted by Crippen LogP contribution is 2.52. The molecule has 0 aliphatic carbocycles. The van der Waals surface area contributed by atoms with E-state index in [-0.39, 0.29) is 12.2 Å². The van der Waals surface area contributed by atoms with Gasteiger partial charge in [-0.3, -0.25) is 4.57 Å². The van der Waals surface area contributed by atoms with Crippen LogP contribution in [0, 0.1) is 11.6 Å². The second-order valence-electron chi connectivity index (χ2n) is 4.84. The lowest BCUT2D eigenvalue weighted by molar-refractivity contribution is 0.149. The molecule has 0 saturated heterocycles. The fourth-order valence-corrected chi connectivity index (χ4v) is 3.20. The molecule has 0 unspecified atom stereocenters. The van der Waals surface area contributed by atoms with Crippen LogP contribution in [-0.4, -0.2) is 12.2 Å². The number of halogens is 2. The van der Waals surface area contributed by atoms with E-state index in [1.54, 1.807) is 27.7 Å². The lowest BCUT2D eigenvalue weighted by atomic mass is 10.2. The molecule has 20 heavy (non-hydrogen) atoms. The molecule has 0 amide bonds. The number of benzene rings is 1. The molecule has 3 nitrogen and oxygen atoms in total. The first-order valence-electron chi connectivity index (χ1n) is 6.32. The topological polar surface area (TPSA) is 35.5 Å². The minimum Gasteiger partial charge on any atom is -0.303 e. The third-order valence-corrected chi connectivity index (χ3v) is 4.05. The van der Waals surface area contributed by atoms with Gasteiger partial charge in [0.2, 0.25) is 0 Å². The van der Waals surface area contributed by atoms with Gasteiger partial charge in [0.05, 0.1) is 12.2 Å². The van der Waals surface area contributed by atoms with Gasteiger partial charge in [0.25, 0.3) is 0 Å². The second kappa shape index (κ2) is 7.11. The van der Waals surface area contributed by atoms with Crippen LogP contribution in [0.5, 0.6) is 0 Å². The first-order chi connectivity index (χ1) is 9.22. The zero-order valence-electron chi connectivity index (χ0n) is 12.0. The van der Waals surface area contributed by atoms with Crippen molar-refractivity contribution in [1.29, 1.82) is 0 Å². The molecule has 0 aliphatic heterocycles. The van der Waals surface area contributed by atoms with Crippen molar-refractivity contribution in [3.05, 3.63) is 41.2 Å². The Morgan fingerprint density at radius 1 is 1.05 bits per heavy atom. The Morgan fingerprint density at radius 3 is 2.05 bits per heavy atom. The summed E-state index contributed by atoms with van der Waals surface area (Å²) in [6, 6.07) is 3.40. The predicted molar refractivity (Wildman–Crippen MR) is 75.4 cm³/mol. The minimum absolute atomic E-state index is 0.283. The van der Waals surface area contributed by atoms with Crippen molar-refractivity contribution in [3.63, 3.8) is 0 Å². The smallest absolute Gasteiger partial charge is 0.303 e. The van der Waals surface area contributed by atoms with Crippen LogP contribution in [0.1, 0.15) is 33.3 Å². The number of hydrogen-bond donors (Lipinski definition) is 0. The molecule has 6 heteroatoms. The van der Waals surface area contributed by atoms with Gasteiger partial charge in [-0.2, -0.15) is 0 Å². The van der Waals surface area contributed by atoms with Crippen LogP contribution in [0.3, 0.4) is 0 Å². The average Bonchev–Trinajstić information content (AvgIpc) is 2.28. The van der Waals surface area contributed by atoms with Gasteiger partial charge >= 0.3 is 7.60 Å². The van der Waals surface area contributed by atoms with E-state index < -0.39 is 19.2 Å². The van der Waals surface area contributed by atoms with E-state index in [1.165, 1.54) is 18.0 Å². The monoisotopic (exact) mass is 304 g/mol. The van der Waals surface area contributed by atoms with Crippen LogP contribution < -0.4 is 0 Å². The summed E-state index contributed by atoms with van der Waals surface area (Å²) >= 11 is 0. The van der Waals surface area contributed by atoms with Crippen LogP contribution in [0.25, 0.3) is 6.08 Å². The van der Waals surface area contributed by atoms with Gasteiger partial charge in [-0.15, -0.1) is 0 Å². The fraction of sp³-hybridized carbons (Fsp3) is 0.429. The highest BCUT2D eigenvalue weighted by atomic mass is 31.2. The summed E-state index contributed by atoms with van der Waals surface area (Å²) < 4.78 is 49.0. The standard InChI is InChI=1S/C14H19F2O3P/c1-10(2)18-20(17,19-11(3)4)8-7-12-5-6-13(15)14(16)9-12/h5-11H,1-4H3/b8-7+. The van der Waals surface area contributed by atoms with Gasteiger partial charge < -0.3 is 9.05 Å². The first-order valence-corrected chi connectivity index (χ1v) is 7.94. The maximum absolute atomic E-state index is 13.1. The van der Waals surface area contributed by atoms with Crippen LogP contribution in [-0.2, 0) is 13.6 Å². The fourth-order valence-electron chi connectivity index (χ4n) is 1.48. The number of hydrogen-bond acceptors (Lipinski definition) is 3. The molecule has 112 valence electrons. The highest BCUT2D eigenvalue weighted by molar-refractivity contribution is 7.57. The summed E-state index contributed by atoms with van der Waals surface area (Å²) in [5, 5.41) is 0. The Bertz CT molecular complexity index is 513. The molecule has 1 aromatic carbocycles. The van der Waals surface area contributed by atoms with Gasteiger partial charge in [0, 0.05) is 5.82 Å². The Morgan fingerprint density at radius 2 is 1.60 bits per heavy atom. The van der Waals surface area contributed by atoms with E-state index in [9.17, 15) is 13.3 Å². The van der Waals surface area contributed by atoms with Gasteiger partial charge in [-0.25, -0.2) is 8.78 Å². The molecular formula is C14H19F2O3P. The molecule has 0 saturated carbocycles. The van der Waals surface area contributed by atoms with E-state index in [0.29, 0.717) is 5.56 Å². The molecule has 0 radical (unpaired) electrons. The normalized spacial score (nSPS) is 12.8. The number of rotatable bonds is 6. The molecule has 0 bridgehead atoms. The third-order valence-electron chi connectivity index (χ3n) is 2.11. The van der Waals surface area contributed by atoms with Crippen LogP contribution >= 0.6 is 7.60 Å². The predicted octanol–water partition coefficient (Wildman–Crippen LogP) is 4.98. The summed E-state index contributed by atoms with van der Waals surface area (Å²) in [5.41, 5.74) is 0.379. The van der Waals surface area contributed by atoms with Crippen molar-refractivity contribution in [1.82, 2.24) is 0 Å². The molecule has 0 atom stereocenters. The summed E-state index contributed by atoms with van der Waals surface area (Å²) in [5.74, 6) is -0.626. The van der Waals surface area contributed by atoms with Crippen molar-refractivity contribution in [2.24, 2.45) is 0 Å². The molecular weight excluding hydrogens is 285 g/mol. The van der Waals surface area contributed by atoms with E-state index in [1.807, 2.05) is 0 Å².